The number of methoxy groups -OCH3 is 1. The van der Waals surface area contributed by atoms with Crippen LogP contribution >= 0.6 is 0 Å². The predicted octanol–water partition coefficient (Wildman–Crippen LogP) is 3.87. The van der Waals surface area contributed by atoms with Gasteiger partial charge in [0.05, 0.1) is 12.6 Å². The molecule has 0 unspecified atom stereocenters. The third kappa shape index (κ3) is 3.16. The Labute approximate surface area is 115 Å². The molecular formula is C16H22N2O. The quantitative estimate of drug-likeness (QED) is 0.786. The molecule has 1 aromatic heterocycles. The van der Waals surface area contributed by atoms with Gasteiger partial charge in [-0.05, 0) is 43.2 Å². The lowest BCUT2D eigenvalue weighted by Gasteiger charge is -2.22. The number of nitrogens with zero attached hydrogens (tertiary/aromatic N) is 2. The van der Waals surface area contributed by atoms with Gasteiger partial charge in [0.25, 0.3) is 0 Å². The van der Waals surface area contributed by atoms with Crippen LogP contribution in [-0.2, 0) is 0 Å². The number of benzene rings is 1. The Kier molecular flexibility index (Phi) is 4.61. The number of fused-ring (bicyclic) bond motifs is 1. The van der Waals surface area contributed by atoms with Gasteiger partial charge in [0, 0.05) is 18.5 Å². The highest BCUT2D eigenvalue weighted by Gasteiger charge is 2.07. The van der Waals surface area contributed by atoms with Gasteiger partial charge in [0.15, 0.2) is 0 Å². The number of hydrogen-bond donors (Lipinski definition) is 0. The topological polar surface area (TPSA) is 25.4 Å². The van der Waals surface area contributed by atoms with Gasteiger partial charge in [0.2, 0.25) is 0 Å². The summed E-state index contributed by atoms with van der Waals surface area (Å²) < 4.78 is 5.24. The van der Waals surface area contributed by atoms with Gasteiger partial charge in [-0.1, -0.05) is 13.8 Å². The van der Waals surface area contributed by atoms with Crippen LogP contribution in [0.5, 0.6) is 5.75 Å². The molecule has 0 atom stereocenters. The van der Waals surface area contributed by atoms with Crippen LogP contribution in [0.15, 0.2) is 30.3 Å². The SMILES string of the molecule is CCCN(CCC)c1ccc2cc(OC)ccc2n1. The molecule has 0 aliphatic rings. The first kappa shape index (κ1) is 13.7. The number of anilines is 1. The van der Waals surface area contributed by atoms with Crippen molar-refractivity contribution in [1.82, 2.24) is 4.98 Å². The zero-order valence-corrected chi connectivity index (χ0v) is 12.0. The van der Waals surface area contributed by atoms with Crippen LogP contribution in [0.25, 0.3) is 10.9 Å². The van der Waals surface area contributed by atoms with Gasteiger partial charge < -0.3 is 9.64 Å². The lowest BCUT2D eigenvalue weighted by molar-refractivity contribution is 0.415. The summed E-state index contributed by atoms with van der Waals surface area (Å²) in [4.78, 5) is 7.11. The minimum atomic E-state index is 0.876. The molecule has 0 amide bonds. The first-order valence-corrected chi connectivity index (χ1v) is 6.98. The highest BCUT2D eigenvalue weighted by atomic mass is 16.5. The van der Waals surface area contributed by atoms with Gasteiger partial charge in [0.1, 0.15) is 11.6 Å². The molecule has 0 aliphatic heterocycles. The first-order valence-electron chi connectivity index (χ1n) is 6.98. The maximum atomic E-state index is 5.24. The summed E-state index contributed by atoms with van der Waals surface area (Å²) in [6.45, 7) is 6.52. The van der Waals surface area contributed by atoms with E-state index in [1.807, 2.05) is 18.2 Å². The van der Waals surface area contributed by atoms with Crippen molar-refractivity contribution in [1.29, 1.82) is 0 Å². The fraction of sp³-hybridized carbons (Fsp3) is 0.438. The van der Waals surface area contributed by atoms with E-state index in [2.05, 4.69) is 30.9 Å². The summed E-state index contributed by atoms with van der Waals surface area (Å²) in [7, 11) is 1.69. The van der Waals surface area contributed by atoms with Crippen molar-refractivity contribution in [3.05, 3.63) is 30.3 Å². The zero-order chi connectivity index (χ0) is 13.7. The third-order valence-electron chi connectivity index (χ3n) is 3.19. The van der Waals surface area contributed by atoms with E-state index in [1.54, 1.807) is 7.11 Å². The lowest BCUT2D eigenvalue weighted by atomic mass is 10.2. The smallest absolute Gasteiger partial charge is 0.129 e. The molecule has 0 fully saturated rings. The van der Waals surface area contributed by atoms with E-state index in [9.17, 15) is 0 Å². The van der Waals surface area contributed by atoms with Crippen LogP contribution in [-0.4, -0.2) is 25.2 Å². The van der Waals surface area contributed by atoms with Gasteiger partial charge in [-0.25, -0.2) is 4.98 Å². The van der Waals surface area contributed by atoms with E-state index >= 15 is 0 Å². The van der Waals surface area contributed by atoms with Gasteiger partial charge in [-0.3, -0.25) is 0 Å². The van der Waals surface area contributed by atoms with Crippen molar-refractivity contribution in [2.75, 3.05) is 25.1 Å². The summed E-state index contributed by atoms with van der Waals surface area (Å²) in [5.74, 6) is 1.95. The minimum absolute atomic E-state index is 0.876. The Hall–Kier alpha value is -1.77. The van der Waals surface area contributed by atoms with Crippen LogP contribution in [0.4, 0.5) is 5.82 Å². The predicted molar refractivity (Wildman–Crippen MR) is 81.1 cm³/mol. The molecule has 2 aromatic rings. The van der Waals surface area contributed by atoms with Crippen LogP contribution in [0.1, 0.15) is 26.7 Å². The molecule has 0 bridgehead atoms. The van der Waals surface area contributed by atoms with Gasteiger partial charge in [-0.2, -0.15) is 0 Å². The van der Waals surface area contributed by atoms with Crippen molar-refractivity contribution < 1.29 is 4.74 Å². The normalized spacial score (nSPS) is 10.7. The second kappa shape index (κ2) is 6.41. The number of pyridine rings is 1. The molecule has 0 spiro atoms. The summed E-state index contributed by atoms with van der Waals surface area (Å²) >= 11 is 0. The average molecular weight is 258 g/mol. The molecule has 1 heterocycles. The van der Waals surface area contributed by atoms with Crippen molar-refractivity contribution >= 4 is 16.7 Å². The molecule has 0 saturated carbocycles. The molecule has 0 saturated heterocycles. The van der Waals surface area contributed by atoms with Crippen LogP contribution < -0.4 is 9.64 Å². The fourth-order valence-electron chi connectivity index (χ4n) is 2.28. The number of ether oxygens (including phenoxy) is 1. The molecule has 19 heavy (non-hydrogen) atoms. The van der Waals surface area contributed by atoms with E-state index in [4.69, 9.17) is 9.72 Å². The van der Waals surface area contributed by atoms with E-state index in [1.165, 1.54) is 0 Å². The molecule has 102 valence electrons. The third-order valence-corrected chi connectivity index (χ3v) is 3.19. The molecule has 3 nitrogen and oxygen atoms in total. The first-order chi connectivity index (χ1) is 9.28. The maximum absolute atomic E-state index is 5.24. The Morgan fingerprint density at radius 3 is 2.42 bits per heavy atom. The molecule has 1 aromatic carbocycles. The van der Waals surface area contributed by atoms with Gasteiger partial charge in [-0.15, -0.1) is 0 Å². The average Bonchev–Trinajstić information content (AvgIpc) is 2.46. The largest absolute Gasteiger partial charge is 0.497 e. The maximum Gasteiger partial charge on any atom is 0.129 e. The van der Waals surface area contributed by atoms with Crippen molar-refractivity contribution in [3.63, 3.8) is 0 Å². The number of rotatable bonds is 6. The van der Waals surface area contributed by atoms with E-state index in [-0.39, 0.29) is 0 Å². The fourth-order valence-corrected chi connectivity index (χ4v) is 2.28. The Morgan fingerprint density at radius 2 is 1.79 bits per heavy atom. The Morgan fingerprint density at radius 1 is 1.05 bits per heavy atom. The summed E-state index contributed by atoms with van der Waals surface area (Å²) in [6, 6.07) is 10.2. The van der Waals surface area contributed by atoms with Crippen molar-refractivity contribution in [2.24, 2.45) is 0 Å². The van der Waals surface area contributed by atoms with Crippen molar-refractivity contribution in [2.45, 2.75) is 26.7 Å². The summed E-state index contributed by atoms with van der Waals surface area (Å²) in [6.07, 6.45) is 2.28. The standard InChI is InChI=1S/C16H22N2O/c1-4-10-18(11-5-2)16-9-6-13-12-14(19-3)7-8-15(13)17-16/h6-9,12H,4-5,10-11H2,1-3H3. The summed E-state index contributed by atoms with van der Waals surface area (Å²) in [5, 5.41) is 1.12. The molecule has 2 rings (SSSR count). The van der Waals surface area contributed by atoms with E-state index in [0.29, 0.717) is 0 Å². The van der Waals surface area contributed by atoms with Crippen molar-refractivity contribution in [3.8, 4) is 5.75 Å². The zero-order valence-electron chi connectivity index (χ0n) is 12.0. The Balaban J connectivity index is 2.34. The molecule has 0 aliphatic carbocycles. The van der Waals surface area contributed by atoms with E-state index in [0.717, 1.165) is 48.4 Å². The Bertz CT molecular complexity index is 533. The highest BCUT2D eigenvalue weighted by Crippen LogP contribution is 2.22. The highest BCUT2D eigenvalue weighted by molar-refractivity contribution is 5.81. The lowest BCUT2D eigenvalue weighted by Crippen LogP contribution is -2.25. The van der Waals surface area contributed by atoms with Gasteiger partial charge >= 0.3 is 0 Å². The second-order valence-electron chi connectivity index (χ2n) is 4.72. The van der Waals surface area contributed by atoms with E-state index < -0.39 is 0 Å². The van der Waals surface area contributed by atoms with Crippen LogP contribution in [0.2, 0.25) is 0 Å². The molecule has 0 radical (unpaired) electrons. The van der Waals surface area contributed by atoms with Crippen LogP contribution in [0, 0.1) is 0 Å². The monoisotopic (exact) mass is 258 g/mol. The number of hydrogen-bond acceptors (Lipinski definition) is 3. The molecular weight excluding hydrogens is 236 g/mol. The molecule has 3 heteroatoms. The second-order valence-corrected chi connectivity index (χ2v) is 4.72. The van der Waals surface area contributed by atoms with Crippen LogP contribution in [0.3, 0.4) is 0 Å². The molecule has 0 N–H and O–H groups in total. The number of aromatic nitrogens is 1. The summed E-state index contributed by atoms with van der Waals surface area (Å²) in [5.41, 5.74) is 1.02. The minimum Gasteiger partial charge on any atom is -0.497 e.